The molecular formula is C13H19ClN4O. The van der Waals surface area contributed by atoms with Gasteiger partial charge in [0.2, 0.25) is 0 Å². The van der Waals surface area contributed by atoms with Gasteiger partial charge < -0.3 is 16.0 Å². The van der Waals surface area contributed by atoms with E-state index in [9.17, 15) is 4.79 Å². The molecule has 0 aromatic carbocycles. The molecule has 19 heavy (non-hydrogen) atoms. The molecule has 1 aromatic rings. The van der Waals surface area contributed by atoms with Gasteiger partial charge in [0.15, 0.2) is 0 Å². The number of nitrogens with two attached hydrogens (primary N) is 1. The molecule has 1 aromatic heterocycles. The van der Waals surface area contributed by atoms with Crippen LogP contribution in [-0.2, 0) is 0 Å². The van der Waals surface area contributed by atoms with Crippen molar-refractivity contribution in [1.29, 1.82) is 0 Å². The maximum atomic E-state index is 12.0. The lowest BCUT2D eigenvalue weighted by Gasteiger charge is -2.47. The van der Waals surface area contributed by atoms with Crippen molar-refractivity contribution < 1.29 is 4.79 Å². The molecule has 1 aliphatic rings. The van der Waals surface area contributed by atoms with Gasteiger partial charge >= 0.3 is 0 Å². The summed E-state index contributed by atoms with van der Waals surface area (Å²) in [7, 11) is 4.10. The first kappa shape index (κ1) is 14.1. The third-order valence-corrected chi connectivity index (χ3v) is 4.25. The van der Waals surface area contributed by atoms with Crippen LogP contribution in [-0.4, -0.2) is 42.0 Å². The van der Waals surface area contributed by atoms with Crippen molar-refractivity contribution in [2.75, 3.05) is 26.4 Å². The molecule has 0 spiro atoms. The SMILES string of the molecule is CN(C)C1(CNC(=O)c2cnc(N)c(Cl)c2)CCC1. The Morgan fingerprint density at radius 1 is 1.58 bits per heavy atom. The lowest BCUT2D eigenvalue weighted by Crippen LogP contribution is -2.57. The largest absolute Gasteiger partial charge is 0.382 e. The molecule has 6 heteroatoms. The van der Waals surface area contributed by atoms with Crippen molar-refractivity contribution >= 4 is 23.3 Å². The number of likely N-dealkylation sites (N-methyl/N-ethyl adjacent to an activating group) is 1. The van der Waals surface area contributed by atoms with Gasteiger partial charge in [-0.15, -0.1) is 0 Å². The Bertz CT molecular complexity index is 486. The van der Waals surface area contributed by atoms with Gasteiger partial charge in [-0.2, -0.15) is 0 Å². The van der Waals surface area contributed by atoms with Crippen LogP contribution in [0, 0.1) is 0 Å². The summed E-state index contributed by atoms with van der Waals surface area (Å²) in [6, 6.07) is 1.54. The van der Waals surface area contributed by atoms with Crippen LogP contribution in [0.3, 0.4) is 0 Å². The number of carbonyl (C=O) groups excluding carboxylic acids is 1. The van der Waals surface area contributed by atoms with E-state index < -0.39 is 0 Å². The zero-order valence-electron chi connectivity index (χ0n) is 11.2. The Hall–Kier alpha value is -1.33. The standard InChI is InChI=1S/C13H19ClN4O/c1-18(2)13(4-3-5-13)8-17-12(19)9-6-10(14)11(15)16-7-9/h6-7H,3-5,8H2,1-2H3,(H2,15,16)(H,17,19). The zero-order valence-corrected chi connectivity index (χ0v) is 12.0. The van der Waals surface area contributed by atoms with Crippen LogP contribution in [0.15, 0.2) is 12.3 Å². The summed E-state index contributed by atoms with van der Waals surface area (Å²) in [4.78, 5) is 18.1. The lowest BCUT2D eigenvalue weighted by atomic mass is 9.75. The van der Waals surface area contributed by atoms with Crippen LogP contribution in [0.2, 0.25) is 5.02 Å². The van der Waals surface area contributed by atoms with Crippen molar-refractivity contribution in [1.82, 2.24) is 15.2 Å². The molecule has 1 amide bonds. The van der Waals surface area contributed by atoms with Crippen molar-refractivity contribution in [3.63, 3.8) is 0 Å². The smallest absolute Gasteiger partial charge is 0.252 e. The maximum Gasteiger partial charge on any atom is 0.252 e. The molecule has 1 heterocycles. The van der Waals surface area contributed by atoms with Crippen molar-refractivity contribution in [3.05, 3.63) is 22.8 Å². The molecule has 3 N–H and O–H groups in total. The average Bonchev–Trinajstić information content (AvgIpc) is 2.30. The second kappa shape index (κ2) is 5.35. The van der Waals surface area contributed by atoms with Gasteiger partial charge in [-0.3, -0.25) is 4.79 Å². The van der Waals surface area contributed by atoms with Crippen LogP contribution < -0.4 is 11.1 Å². The van der Waals surface area contributed by atoms with Crippen molar-refractivity contribution in [2.24, 2.45) is 0 Å². The number of hydrogen-bond donors (Lipinski definition) is 2. The molecule has 2 rings (SSSR count). The quantitative estimate of drug-likeness (QED) is 0.879. The van der Waals surface area contributed by atoms with E-state index in [-0.39, 0.29) is 17.3 Å². The van der Waals surface area contributed by atoms with Crippen LogP contribution in [0.1, 0.15) is 29.6 Å². The minimum absolute atomic E-state index is 0.0979. The summed E-state index contributed by atoms with van der Waals surface area (Å²) in [5, 5.41) is 3.25. The number of nitrogens with zero attached hydrogens (tertiary/aromatic N) is 2. The molecule has 0 saturated heterocycles. The van der Waals surface area contributed by atoms with Gasteiger partial charge in [0.25, 0.3) is 5.91 Å². The number of aromatic nitrogens is 1. The van der Waals surface area contributed by atoms with Gasteiger partial charge in [-0.05, 0) is 39.4 Å². The third-order valence-electron chi connectivity index (χ3n) is 3.94. The number of carbonyl (C=O) groups is 1. The summed E-state index contributed by atoms with van der Waals surface area (Å²) in [6.45, 7) is 0.640. The van der Waals surface area contributed by atoms with Crippen LogP contribution in [0.25, 0.3) is 0 Å². The highest BCUT2D eigenvalue weighted by molar-refractivity contribution is 6.33. The highest BCUT2D eigenvalue weighted by Gasteiger charge is 2.39. The van der Waals surface area contributed by atoms with Crippen molar-refractivity contribution in [2.45, 2.75) is 24.8 Å². The lowest BCUT2D eigenvalue weighted by molar-refractivity contribution is 0.0557. The monoisotopic (exact) mass is 282 g/mol. The molecule has 1 saturated carbocycles. The zero-order chi connectivity index (χ0) is 14.0. The Kier molecular flexibility index (Phi) is 3.96. The summed E-state index contributed by atoms with van der Waals surface area (Å²) in [5.41, 5.74) is 6.06. The highest BCUT2D eigenvalue weighted by atomic mass is 35.5. The van der Waals surface area contributed by atoms with Crippen LogP contribution in [0.4, 0.5) is 5.82 Å². The maximum absolute atomic E-state index is 12.0. The highest BCUT2D eigenvalue weighted by Crippen LogP contribution is 2.35. The van der Waals surface area contributed by atoms with Gasteiger partial charge in [0, 0.05) is 18.3 Å². The Morgan fingerprint density at radius 2 is 2.26 bits per heavy atom. The molecular weight excluding hydrogens is 264 g/mol. The topological polar surface area (TPSA) is 71.2 Å². The van der Waals surface area contributed by atoms with E-state index in [1.807, 2.05) is 14.1 Å². The minimum atomic E-state index is -0.164. The molecule has 1 fully saturated rings. The molecule has 0 aliphatic heterocycles. The molecule has 0 unspecified atom stereocenters. The van der Waals surface area contributed by atoms with E-state index in [2.05, 4.69) is 15.2 Å². The summed E-state index contributed by atoms with van der Waals surface area (Å²) in [6.07, 6.45) is 4.88. The molecule has 0 bridgehead atoms. The van der Waals surface area contributed by atoms with E-state index in [1.54, 1.807) is 6.07 Å². The fourth-order valence-electron chi connectivity index (χ4n) is 2.29. The Morgan fingerprint density at radius 3 is 2.74 bits per heavy atom. The number of nitrogen functional groups attached to an aromatic ring is 1. The third kappa shape index (κ3) is 2.82. The number of pyridine rings is 1. The average molecular weight is 283 g/mol. The molecule has 5 nitrogen and oxygen atoms in total. The van der Waals surface area contributed by atoms with E-state index in [0.717, 1.165) is 12.8 Å². The van der Waals surface area contributed by atoms with E-state index in [4.69, 9.17) is 17.3 Å². The number of nitrogens with one attached hydrogen (secondary N) is 1. The predicted octanol–water partition coefficient (Wildman–Crippen LogP) is 1.53. The van der Waals surface area contributed by atoms with Crippen LogP contribution >= 0.6 is 11.6 Å². The number of halogens is 1. The van der Waals surface area contributed by atoms with Gasteiger partial charge in [0.05, 0.1) is 10.6 Å². The molecule has 104 valence electrons. The number of hydrogen-bond acceptors (Lipinski definition) is 4. The van der Waals surface area contributed by atoms with Crippen molar-refractivity contribution in [3.8, 4) is 0 Å². The molecule has 0 radical (unpaired) electrons. The fourth-order valence-corrected chi connectivity index (χ4v) is 2.45. The van der Waals surface area contributed by atoms with Gasteiger partial charge in [0.1, 0.15) is 5.82 Å². The molecule has 1 aliphatic carbocycles. The van der Waals surface area contributed by atoms with Crippen LogP contribution in [0.5, 0.6) is 0 Å². The number of amides is 1. The van der Waals surface area contributed by atoms with E-state index in [0.29, 0.717) is 17.1 Å². The minimum Gasteiger partial charge on any atom is -0.382 e. The summed E-state index contributed by atoms with van der Waals surface area (Å²) >= 11 is 5.86. The summed E-state index contributed by atoms with van der Waals surface area (Å²) in [5.74, 6) is 0.0736. The first-order chi connectivity index (χ1) is 8.94. The molecule has 0 atom stereocenters. The second-order valence-corrected chi connectivity index (χ2v) is 5.65. The van der Waals surface area contributed by atoms with E-state index >= 15 is 0 Å². The van der Waals surface area contributed by atoms with Gasteiger partial charge in [-0.25, -0.2) is 4.98 Å². The normalized spacial score (nSPS) is 17.1. The fraction of sp³-hybridized carbons (Fsp3) is 0.538. The number of rotatable bonds is 4. The first-order valence-corrected chi connectivity index (χ1v) is 6.69. The Labute approximate surface area is 118 Å². The summed E-state index contributed by atoms with van der Waals surface area (Å²) < 4.78 is 0. The number of anilines is 1. The second-order valence-electron chi connectivity index (χ2n) is 5.25. The predicted molar refractivity (Wildman–Crippen MR) is 76.3 cm³/mol. The van der Waals surface area contributed by atoms with E-state index in [1.165, 1.54) is 12.6 Å². The van der Waals surface area contributed by atoms with Gasteiger partial charge in [-0.1, -0.05) is 11.6 Å². The Balaban J connectivity index is 1.99. The first-order valence-electron chi connectivity index (χ1n) is 6.31.